The molecule has 1 aliphatic rings. The van der Waals surface area contributed by atoms with Crippen molar-refractivity contribution in [2.45, 2.75) is 32.3 Å². The van der Waals surface area contributed by atoms with Crippen molar-refractivity contribution in [3.05, 3.63) is 35.5 Å². The SMILES string of the molecule is Cc1c(O)cccc1OCc1noc(C2CC2)n1. The van der Waals surface area contributed by atoms with Gasteiger partial charge in [0, 0.05) is 11.5 Å². The summed E-state index contributed by atoms with van der Waals surface area (Å²) in [6, 6.07) is 5.17. The summed E-state index contributed by atoms with van der Waals surface area (Å²) in [6.45, 7) is 2.05. The molecule has 0 atom stereocenters. The fraction of sp³-hybridized carbons (Fsp3) is 0.385. The minimum atomic E-state index is 0.222. The molecule has 1 aromatic heterocycles. The van der Waals surface area contributed by atoms with Crippen LogP contribution in [0.5, 0.6) is 11.5 Å². The molecule has 2 aromatic rings. The largest absolute Gasteiger partial charge is 0.508 e. The number of phenolic OH excluding ortho intramolecular Hbond substituents is 1. The lowest BCUT2D eigenvalue weighted by molar-refractivity contribution is 0.282. The van der Waals surface area contributed by atoms with Crippen LogP contribution in [-0.4, -0.2) is 15.2 Å². The molecule has 0 saturated heterocycles. The number of benzene rings is 1. The Morgan fingerprint density at radius 2 is 2.28 bits per heavy atom. The van der Waals surface area contributed by atoms with Crippen LogP contribution in [0.4, 0.5) is 0 Å². The molecule has 3 rings (SSSR count). The Morgan fingerprint density at radius 1 is 1.44 bits per heavy atom. The first kappa shape index (κ1) is 11.1. The second kappa shape index (κ2) is 4.33. The number of aromatic nitrogens is 2. The van der Waals surface area contributed by atoms with Crippen LogP contribution in [0.3, 0.4) is 0 Å². The Morgan fingerprint density at radius 3 is 3.06 bits per heavy atom. The van der Waals surface area contributed by atoms with Crippen LogP contribution in [0, 0.1) is 6.92 Å². The molecular formula is C13H14N2O3. The maximum atomic E-state index is 9.55. The van der Waals surface area contributed by atoms with Crippen LogP contribution in [0.15, 0.2) is 22.7 Å². The highest BCUT2D eigenvalue weighted by molar-refractivity contribution is 5.42. The van der Waals surface area contributed by atoms with Gasteiger partial charge < -0.3 is 14.4 Å². The van der Waals surface area contributed by atoms with Gasteiger partial charge in [0.05, 0.1) is 0 Å². The van der Waals surface area contributed by atoms with Gasteiger partial charge in [-0.1, -0.05) is 11.2 Å². The van der Waals surface area contributed by atoms with E-state index in [0.717, 1.165) is 12.8 Å². The zero-order chi connectivity index (χ0) is 12.5. The highest BCUT2D eigenvalue weighted by Gasteiger charge is 2.29. The number of nitrogens with zero attached hydrogens (tertiary/aromatic N) is 2. The maximum Gasteiger partial charge on any atom is 0.229 e. The summed E-state index contributed by atoms with van der Waals surface area (Å²) < 4.78 is 10.7. The van der Waals surface area contributed by atoms with Crippen molar-refractivity contribution >= 4 is 0 Å². The fourth-order valence-corrected chi connectivity index (χ4v) is 1.72. The molecule has 1 fully saturated rings. The summed E-state index contributed by atoms with van der Waals surface area (Å²) >= 11 is 0. The molecule has 5 heteroatoms. The number of rotatable bonds is 4. The monoisotopic (exact) mass is 246 g/mol. The van der Waals surface area contributed by atoms with Crippen molar-refractivity contribution in [1.82, 2.24) is 10.1 Å². The van der Waals surface area contributed by atoms with Gasteiger partial charge in [0.2, 0.25) is 11.7 Å². The molecule has 5 nitrogen and oxygen atoms in total. The summed E-state index contributed by atoms with van der Waals surface area (Å²) in [5.74, 6) is 2.56. The highest BCUT2D eigenvalue weighted by Crippen LogP contribution is 2.38. The van der Waals surface area contributed by atoms with E-state index in [9.17, 15) is 5.11 Å². The Hall–Kier alpha value is -2.04. The molecule has 0 aliphatic heterocycles. The Bertz CT molecular complexity index is 561. The van der Waals surface area contributed by atoms with Crippen LogP contribution >= 0.6 is 0 Å². The molecule has 1 heterocycles. The molecule has 1 N–H and O–H groups in total. The topological polar surface area (TPSA) is 68.4 Å². The lowest BCUT2D eigenvalue weighted by Crippen LogP contribution is -1.99. The highest BCUT2D eigenvalue weighted by atomic mass is 16.5. The van der Waals surface area contributed by atoms with Crippen LogP contribution < -0.4 is 4.74 Å². The molecule has 0 spiro atoms. The number of aromatic hydroxyl groups is 1. The molecule has 0 amide bonds. The maximum absolute atomic E-state index is 9.55. The Kier molecular flexibility index (Phi) is 2.66. The average molecular weight is 246 g/mol. The lowest BCUT2D eigenvalue weighted by Gasteiger charge is -2.07. The van der Waals surface area contributed by atoms with E-state index in [0.29, 0.717) is 28.9 Å². The quantitative estimate of drug-likeness (QED) is 0.897. The van der Waals surface area contributed by atoms with Crippen LogP contribution in [-0.2, 0) is 6.61 Å². The minimum Gasteiger partial charge on any atom is -0.508 e. The molecule has 0 radical (unpaired) electrons. The van der Waals surface area contributed by atoms with E-state index >= 15 is 0 Å². The molecular weight excluding hydrogens is 232 g/mol. The number of hydrogen-bond donors (Lipinski definition) is 1. The van der Waals surface area contributed by atoms with Crippen molar-refractivity contribution in [3.8, 4) is 11.5 Å². The summed E-state index contributed by atoms with van der Waals surface area (Å²) in [5, 5.41) is 13.4. The average Bonchev–Trinajstić information content (AvgIpc) is 3.11. The van der Waals surface area contributed by atoms with E-state index in [2.05, 4.69) is 10.1 Å². The molecule has 18 heavy (non-hydrogen) atoms. The van der Waals surface area contributed by atoms with Crippen LogP contribution in [0.25, 0.3) is 0 Å². The van der Waals surface area contributed by atoms with Gasteiger partial charge in [0.15, 0.2) is 6.61 Å². The standard InChI is InChI=1S/C13H14N2O3/c1-8-10(16)3-2-4-11(8)17-7-12-14-13(18-15-12)9-5-6-9/h2-4,9,16H,5-7H2,1H3. The number of hydrogen-bond acceptors (Lipinski definition) is 5. The summed E-state index contributed by atoms with van der Waals surface area (Å²) in [5.41, 5.74) is 0.711. The van der Waals surface area contributed by atoms with Gasteiger partial charge in [-0.2, -0.15) is 4.98 Å². The Balaban J connectivity index is 1.67. The van der Waals surface area contributed by atoms with Gasteiger partial charge in [-0.3, -0.25) is 0 Å². The lowest BCUT2D eigenvalue weighted by atomic mass is 10.2. The molecule has 1 saturated carbocycles. The van der Waals surface area contributed by atoms with E-state index < -0.39 is 0 Å². The van der Waals surface area contributed by atoms with Gasteiger partial charge in [0.1, 0.15) is 11.5 Å². The molecule has 1 aliphatic carbocycles. The van der Waals surface area contributed by atoms with Crippen LogP contribution in [0.2, 0.25) is 0 Å². The van der Waals surface area contributed by atoms with Gasteiger partial charge >= 0.3 is 0 Å². The molecule has 1 aromatic carbocycles. The number of ether oxygens (including phenoxy) is 1. The van der Waals surface area contributed by atoms with Gasteiger partial charge in [-0.25, -0.2) is 0 Å². The third-order valence-electron chi connectivity index (χ3n) is 3.02. The predicted octanol–water partition coefficient (Wildman–Crippen LogP) is 2.54. The van der Waals surface area contributed by atoms with Crippen molar-refractivity contribution in [2.24, 2.45) is 0 Å². The van der Waals surface area contributed by atoms with E-state index in [4.69, 9.17) is 9.26 Å². The van der Waals surface area contributed by atoms with Crippen LogP contribution in [0.1, 0.15) is 36.0 Å². The number of phenols is 1. The van der Waals surface area contributed by atoms with E-state index in [1.807, 2.05) is 0 Å². The zero-order valence-corrected chi connectivity index (χ0v) is 10.1. The second-order valence-corrected chi connectivity index (χ2v) is 4.51. The third kappa shape index (κ3) is 2.16. The summed E-state index contributed by atoms with van der Waals surface area (Å²) in [4.78, 5) is 4.27. The van der Waals surface area contributed by atoms with Crippen molar-refractivity contribution < 1.29 is 14.4 Å². The van der Waals surface area contributed by atoms with Crippen molar-refractivity contribution in [1.29, 1.82) is 0 Å². The van der Waals surface area contributed by atoms with Gasteiger partial charge in [0.25, 0.3) is 0 Å². The zero-order valence-electron chi connectivity index (χ0n) is 10.1. The van der Waals surface area contributed by atoms with Gasteiger partial charge in [-0.05, 0) is 31.9 Å². The fourth-order valence-electron chi connectivity index (χ4n) is 1.72. The van der Waals surface area contributed by atoms with E-state index in [1.165, 1.54) is 0 Å². The summed E-state index contributed by atoms with van der Waals surface area (Å²) in [6.07, 6.45) is 2.27. The normalized spacial score (nSPS) is 14.7. The molecule has 94 valence electrons. The second-order valence-electron chi connectivity index (χ2n) is 4.51. The Labute approximate surface area is 104 Å². The van der Waals surface area contributed by atoms with Crippen molar-refractivity contribution in [2.75, 3.05) is 0 Å². The smallest absolute Gasteiger partial charge is 0.229 e. The predicted molar refractivity (Wildman–Crippen MR) is 63.4 cm³/mol. The van der Waals surface area contributed by atoms with E-state index in [1.54, 1.807) is 25.1 Å². The first-order chi connectivity index (χ1) is 8.74. The summed E-state index contributed by atoms with van der Waals surface area (Å²) in [7, 11) is 0. The van der Waals surface area contributed by atoms with E-state index in [-0.39, 0.29) is 12.4 Å². The molecule has 0 bridgehead atoms. The van der Waals surface area contributed by atoms with Gasteiger partial charge in [-0.15, -0.1) is 0 Å². The first-order valence-corrected chi connectivity index (χ1v) is 5.98. The van der Waals surface area contributed by atoms with Crippen molar-refractivity contribution in [3.63, 3.8) is 0 Å². The third-order valence-corrected chi connectivity index (χ3v) is 3.02. The minimum absolute atomic E-state index is 0.222. The molecule has 0 unspecified atom stereocenters. The first-order valence-electron chi connectivity index (χ1n) is 5.98.